The molecular formula is C14H14FN3S. The molecule has 0 bridgehead atoms. The number of halogens is 1. The fourth-order valence-electron chi connectivity index (χ4n) is 1.75. The average molecular weight is 275 g/mol. The van der Waals surface area contributed by atoms with Crippen LogP contribution in [0.3, 0.4) is 0 Å². The zero-order chi connectivity index (χ0) is 13.8. The van der Waals surface area contributed by atoms with Gasteiger partial charge >= 0.3 is 0 Å². The second-order valence-corrected chi connectivity index (χ2v) is 5.64. The summed E-state index contributed by atoms with van der Waals surface area (Å²) >= 11 is 1.64. The van der Waals surface area contributed by atoms with E-state index in [0.29, 0.717) is 12.1 Å². The lowest BCUT2D eigenvalue weighted by molar-refractivity contribution is 0.566. The van der Waals surface area contributed by atoms with Crippen molar-refractivity contribution < 1.29 is 4.39 Å². The summed E-state index contributed by atoms with van der Waals surface area (Å²) in [6, 6.07) is 6.42. The number of hydrogen-bond acceptors (Lipinski definition) is 4. The summed E-state index contributed by atoms with van der Waals surface area (Å²) in [5, 5.41) is 13.1. The van der Waals surface area contributed by atoms with Crippen molar-refractivity contribution in [3.8, 4) is 6.07 Å². The van der Waals surface area contributed by atoms with Gasteiger partial charge < -0.3 is 5.32 Å². The highest BCUT2D eigenvalue weighted by Crippen LogP contribution is 2.19. The topological polar surface area (TPSA) is 48.7 Å². The number of nitrogens with zero attached hydrogens (tertiary/aromatic N) is 2. The summed E-state index contributed by atoms with van der Waals surface area (Å²) in [5.74, 6) is -0.381. The number of nitriles is 1. The van der Waals surface area contributed by atoms with Gasteiger partial charge in [0.05, 0.1) is 17.7 Å². The van der Waals surface area contributed by atoms with Crippen molar-refractivity contribution in [1.82, 2.24) is 10.3 Å². The van der Waals surface area contributed by atoms with Crippen LogP contribution < -0.4 is 5.32 Å². The summed E-state index contributed by atoms with van der Waals surface area (Å²) in [4.78, 5) is 5.48. The first kappa shape index (κ1) is 13.7. The molecule has 0 aliphatic carbocycles. The van der Waals surface area contributed by atoms with Crippen molar-refractivity contribution in [2.24, 2.45) is 0 Å². The Balaban J connectivity index is 2.03. The first-order chi connectivity index (χ1) is 9.08. The normalized spacial score (nSPS) is 12.1. The lowest BCUT2D eigenvalue weighted by Gasteiger charge is -2.11. The van der Waals surface area contributed by atoms with Gasteiger partial charge in [0.1, 0.15) is 10.8 Å². The fourth-order valence-corrected chi connectivity index (χ4v) is 2.55. The first-order valence-corrected chi connectivity index (χ1v) is 6.75. The maximum atomic E-state index is 13.3. The van der Waals surface area contributed by atoms with E-state index in [2.05, 4.69) is 10.3 Å². The summed E-state index contributed by atoms with van der Waals surface area (Å²) in [6.07, 6.45) is 1.84. The van der Waals surface area contributed by atoms with Crippen molar-refractivity contribution in [2.45, 2.75) is 26.4 Å². The van der Waals surface area contributed by atoms with Gasteiger partial charge in [0.2, 0.25) is 0 Å². The Labute approximate surface area is 115 Å². The van der Waals surface area contributed by atoms with E-state index in [1.807, 2.05) is 26.1 Å². The minimum absolute atomic E-state index is 0.104. The molecule has 0 aliphatic heterocycles. The Morgan fingerprint density at radius 3 is 2.89 bits per heavy atom. The minimum Gasteiger partial charge on any atom is -0.304 e. The van der Waals surface area contributed by atoms with Crippen LogP contribution in [-0.2, 0) is 6.54 Å². The summed E-state index contributed by atoms with van der Waals surface area (Å²) < 4.78 is 13.3. The van der Waals surface area contributed by atoms with Crippen LogP contribution in [0.15, 0.2) is 24.4 Å². The van der Waals surface area contributed by atoms with Gasteiger partial charge in [-0.2, -0.15) is 5.26 Å². The molecule has 0 radical (unpaired) electrons. The van der Waals surface area contributed by atoms with Gasteiger partial charge in [-0.25, -0.2) is 9.37 Å². The van der Waals surface area contributed by atoms with Crippen LogP contribution in [0.25, 0.3) is 0 Å². The van der Waals surface area contributed by atoms with Gasteiger partial charge in [-0.15, -0.1) is 11.3 Å². The number of aryl methyl sites for hydroxylation is 1. The third-order valence-corrected chi connectivity index (χ3v) is 3.80. The molecule has 0 saturated carbocycles. The molecule has 19 heavy (non-hydrogen) atoms. The van der Waals surface area contributed by atoms with Crippen molar-refractivity contribution >= 4 is 11.3 Å². The van der Waals surface area contributed by atoms with E-state index in [4.69, 9.17) is 5.26 Å². The Hall–Kier alpha value is -1.77. The maximum absolute atomic E-state index is 13.3. The predicted octanol–water partition coefficient (Wildman–Crippen LogP) is 3.31. The number of aromatic nitrogens is 1. The lowest BCUT2D eigenvalue weighted by Crippen LogP contribution is -2.18. The van der Waals surface area contributed by atoms with Gasteiger partial charge in [-0.3, -0.25) is 0 Å². The molecule has 1 atom stereocenters. The zero-order valence-electron chi connectivity index (χ0n) is 10.8. The van der Waals surface area contributed by atoms with Gasteiger partial charge in [0, 0.05) is 17.6 Å². The third-order valence-electron chi connectivity index (χ3n) is 2.71. The number of rotatable bonds is 4. The summed E-state index contributed by atoms with van der Waals surface area (Å²) in [6.45, 7) is 4.54. The first-order valence-electron chi connectivity index (χ1n) is 5.94. The summed E-state index contributed by atoms with van der Waals surface area (Å²) in [7, 11) is 0. The fraction of sp³-hybridized carbons (Fsp3) is 0.286. The molecule has 0 fully saturated rings. The Kier molecular flexibility index (Phi) is 4.25. The number of thiazole rings is 1. The number of hydrogen-bond donors (Lipinski definition) is 1. The Morgan fingerprint density at radius 2 is 2.26 bits per heavy atom. The molecule has 2 aromatic rings. The van der Waals surface area contributed by atoms with Crippen LogP contribution in [0.4, 0.5) is 4.39 Å². The summed E-state index contributed by atoms with van der Waals surface area (Å²) in [5.41, 5.74) is 1.10. The van der Waals surface area contributed by atoms with Crippen LogP contribution in [0.1, 0.15) is 34.0 Å². The molecule has 2 rings (SSSR count). The van der Waals surface area contributed by atoms with Crippen LogP contribution in [0, 0.1) is 24.1 Å². The Bertz CT molecular complexity index is 615. The molecule has 98 valence electrons. The van der Waals surface area contributed by atoms with Gasteiger partial charge in [0.25, 0.3) is 0 Å². The minimum atomic E-state index is -0.381. The van der Waals surface area contributed by atoms with Crippen molar-refractivity contribution in [2.75, 3.05) is 0 Å². The molecule has 1 N–H and O–H groups in total. The van der Waals surface area contributed by atoms with E-state index in [9.17, 15) is 4.39 Å². The average Bonchev–Trinajstić information content (AvgIpc) is 2.82. The van der Waals surface area contributed by atoms with E-state index in [1.54, 1.807) is 17.4 Å². The number of nitrogens with one attached hydrogen (secondary N) is 1. The van der Waals surface area contributed by atoms with E-state index in [1.165, 1.54) is 17.0 Å². The highest BCUT2D eigenvalue weighted by atomic mass is 32.1. The van der Waals surface area contributed by atoms with E-state index >= 15 is 0 Å². The van der Waals surface area contributed by atoms with Crippen molar-refractivity contribution in [1.29, 1.82) is 5.26 Å². The zero-order valence-corrected chi connectivity index (χ0v) is 11.6. The molecule has 1 heterocycles. The number of benzene rings is 1. The second-order valence-electron chi connectivity index (χ2n) is 4.37. The van der Waals surface area contributed by atoms with Crippen LogP contribution >= 0.6 is 11.3 Å². The van der Waals surface area contributed by atoms with Crippen LogP contribution in [0.5, 0.6) is 0 Å². The quantitative estimate of drug-likeness (QED) is 0.931. The molecule has 5 heteroatoms. The maximum Gasteiger partial charge on any atom is 0.124 e. The largest absolute Gasteiger partial charge is 0.304 e. The Morgan fingerprint density at radius 1 is 1.47 bits per heavy atom. The lowest BCUT2D eigenvalue weighted by atomic mass is 10.1. The molecule has 0 amide bonds. The molecule has 0 saturated heterocycles. The molecule has 1 aromatic heterocycles. The van der Waals surface area contributed by atoms with Crippen molar-refractivity contribution in [3.05, 3.63) is 51.2 Å². The molecular weight excluding hydrogens is 261 g/mol. The smallest absolute Gasteiger partial charge is 0.124 e. The van der Waals surface area contributed by atoms with Gasteiger partial charge in [-0.1, -0.05) is 0 Å². The standard InChI is InChI=1S/C14H14FN3S/c1-9-7-18-14(19-9)10(2)17-8-12-3-11(6-16)4-13(15)5-12/h3-5,7,10,17H,8H2,1-2H3. The van der Waals surface area contributed by atoms with Crippen LogP contribution in [0.2, 0.25) is 0 Å². The van der Waals surface area contributed by atoms with E-state index in [-0.39, 0.29) is 11.9 Å². The van der Waals surface area contributed by atoms with Crippen LogP contribution in [-0.4, -0.2) is 4.98 Å². The molecule has 0 aliphatic rings. The highest BCUT2D eigenvalue weighted by molar-refractivity contribution is 7.11. The molecule has 1 unspecified atom stereocenters. The highest BCUT2D eigenvalue weighted by Gasteiger charge is 2.09. The van der Waals surface area contributed by atoms with E-state index < -0.39 is 0 Å². The predicted molar refractivity (Wildman–Crippen MR) is 73.2 cm³/mol. The third kappa shape index (κ3) is 3.60. The van der Waals surface area contributed by atoms with Gasteiger partial charge in [-0.05, 0) is 37.6 Å². The van der Waals surface area contributed by atoms with Gasteiger partial charge in [0.15, 0.2) is 0 Å². The molecule has 0 spiro atoms. The SMILES string of the molecule is Cc1cnc(C(C)NCc2cc(F)cc(C#N)c2)s1. The molecule has 1 aromatic carbocycles. The monoisotopic (exact) mass is 275 g/mol. The van der Waals surface area contributed by atoms with Crippen molar-refractivity contribution in [3.63, 3.8) is 0 Å². The second kappa shape index (κ2) is 5.91. The molecule has 3 nitrogen and oxygen atoms in total. The van der Waals surface area contributed by atoms with E-state index in [0.717, 1.165) is 10.6 Å².